The van der Waals surface area contributed by atoms with Crippen molar-refractivity contribution in [2.45, 2.75) is 19.4 Å². The molecule has 0 spiro atoms. The van der Waals surface area contributed by atoms with Crippen LogP contribution in [0.1, 0.15) is 23.8 Å². The number of hydrogen-bond acceptors (Lipinski definition) is 4. The number of likely N-dealkylation sites (tertiary alicyclic amines) is 1. The molecular weight excluding hydrogens is 339 g/mol. The molecule has 1 saturated heterocycles. The number of amides is 2. The van der Waals surface area contributed by atoms with Crippen molar-refractivity contribution in [3.63, 3.8) is 0 Å². The fourth-order valence-electron chi connectivity index (χ4n) is 3.01. The predicted octanol–water partition coefficient (Wildman–Crippen LogP) is 1.29. The van der Waals surface area contributed by atoms with E-state index in [1.165, 1.54) is 12.1 Å². The largest absolute Gasteiger partial charge is 0.507 e. The number of carbonyl (C=O) groups is 2. The van der Waals surface area contributed by atoms with Gasteiger partial charge in [-0.1, -0.05) is 6.92 Å². The number of phenolic OH excluding ortho intramolecular Hbond substituents is 1. The van der Waals surface area contributed by atoms with E-state index < -0.39 is 11.7 Å². The Labute approximate surface area is 150 Å². The topological polar surface area (TPSA) is 88.7 Å². The number of likely N-dealkylation sites (N-methyl/N-ethyl adjacent to an activating group) is 1. The molecule has 1 aliphatic rings. The smallest absolute Gasteiger partial charge is 0.267 e. The second kappa shape index (κ2) is 7.33. The Morgan fingerprint density at radius 1 is 1.46 bits per heavy atom. The molecule has 2 heterocycles. The Hall–Kier alpha value is -2.61. The first-order valence-electron chi connectivity index (χ1n) is 8.67. The monoisotopic (exact) mass is 362 g/mol. The van der Waals surface area contributed by atoms with E-state index in [0.717, 1.165) is 19.0 Å². The molecule has 140 valence electrons. The van der Waals surface area contributed by atoms with Gasteiger partial charge >= 0.3 is 0 Å². The third-order valence-corrected chi connectivity index (χ3v) is 4.87. The highest BCUT2D eigenvalue weighted by molar-refractivity contribution is 5.99. The highest BCUT2D eigenvalue weighted by Crippen LogP contribution is 2.27. The zero-order chi connectivity index (χ0) is 18.8. The Morgan fingerprint density at radius 2 is 2.23 bits per heavy atom. The number of nitrogens with zero attached hydrogens (tertiary/aromatic N) is 2. The Morgan fingerprint density at radius 3 is 2.85 bits per heavy atom. The number of aromatic amines is 1. The lowest BCUT2D eigenvalue weighted by Gasteiger charge is -2.41. The number of fused-ring (bicyclic) bond motifs is 1. The van der Waals surface area contributed by atoms with E-state index in [9.17, 15) is 19.1 Å². The average molecular weight is 362 g/mol. The Kier molecular flexibility index (Phi) is 5.13. The molecule has 1 aromatic carbocycles. The van der Waals surface area contributed by atoms with Gasteiger partial charge in [0.05, 0.1) is 18.1 Å². The van der Waals surface area contributed by atoms with E-state index in [4.69, 9.17) is 0 Å². The molecule has 3 N–H and O–H groups in total. The van der Waals surface area contributed by atoms with E-state index in [0.29, 0.717) is 19.6 Å². The third kappa shape index (κ3) is 3.50. The SMILES string of the molecule is CCN(C)CC(=O)N1CCC1CNC(=O)c1cc2c(O)ccc(F)c2[nH]1. The van der Waals surface area contributed by atoms with Crippen LogP contribution in [0.3, 0.4) is 0 Å². The lowest BCUT2D eigenvalue weighted by atomic mass is 10.0. The van der Waals surface area contributed by atoms with Crippen molar-refractivity contribution in [2.75, 3.05) is 33.2 Å². The summed E-state index contributed by atoms with van der Waals surface area (Å²) < 4.78 is 13.8. The predicted molar refractivity (Wildman–Crippen MR) is 95.5 cm³/mol. The minimum atomic E-state index is -0.535. The molecule has 8 heteroatoms. The maximum absolute atomic E-state index is 13.8. The number of hydrogen-bond donors (Lipinski definition) is 3. The van der Waals surface area contributed by atoms with Gasteiger partial charge in [-0.2, -0.15) is 0 Å². The van der Waals surface area contributed by atoms with Gasteiger partial charge in [-0.15, -0.1) is 0 Å². The zero-order valence-electron chi connectivity index (χ0n) is 14.9. The Bertz CT molecular complexity index is 796. The van der Waals surface area contributed by atoms with Gasteiger partial charge in [0.15, 0.2) is 0 Å². The molecule has 0 aliphatic carbocycles. The molecule has 3 rings (SSSR count). The molecule has 0 saturated carbocycles. The second-order valence-electron chi connectivity index (χ2n) is 6.61. The molecule has 2 aromatic rings. The number of aromatic hydroxyl groups is 1. The number of carbonyl (C=O) groups excluding carboxylic acids is 2. The quantitative estimate of drug-likeness (QED) is 0.723. The molecule has 1 atom stereocenters. The number of aromatic nitrogens is 1. The van der Waals surface area contributed by atoms with Crippen molar-refractivity contribution in [3.8, 4) is 5.75 Å². The highest BCUT2D eigenvalue weighted by atomic mass is 19.1. The molecule has 0 bridgehead atoms. The maximum atomic E-state index is 13.8. The van der Waals surface area contributed by atoms with Crippen LogP contribution >= 0.6 is 0 Å². The second-order valence-corrected chi connectivity index (χ2v) is 6.61. The van der Waals surface area contributed by atoms with E-state index in [2.05, 4.69) is 10.3 Å². The maximum Gasteiger partial charge on any atom is 0.267 e. The molecule has 0 radical (unpaired) electrons. The van der Waals surface area contributed by atoms with Gasteiger partial charge in [-0.05, 0) is 38.2 Å². The first-order chi connectivity index (χ1) is 12.4. The van der Waals surface area contributed by atoms with Crippen LogP contribution in [-0.4, -0.2) is 71.0 Å². The van der Waals surface area contributed by atoms with Gasteiger partial charge in [-0.3, -0.25) is 14.5 Å². The van der Waals surface area contributed by atoms with E-state index in [1.54, 1.807) is 4.90 Å². The van der Waals surface area contributed by atoms with Gasteiger partial charge in [-0.25, -0.2) is 4.39 Å². The van der Waals surface area contributed by atoms with Crippen LogP contribution in [-0.2, 0) is 4.79 Å². The van der Waals surface area contributed by atoms with Crippen LogP contribution in [0, 0.1) is 5.82 Å². The summed E-state index contributed by atoms with van der Waals surface area (Å²) in [4.78, 5) is 30.9. The van der Waals surface area contributed by atoms with E-state index in [-0.39, 0.29) is 34.3 Å². The highest BCUT2D eigenvalue weighted by Gasteiger charge is 2.32. The molecule has 7 nitrogen and oxygen atoms in total. The summed E-state index contributed by atoms with van der Waals surface area (Å²) in [6.45, 7) is 4.18. The first kappa shape index (κ1) is 18.2. The summed E-state index contributed by atoms with van der Waals surface area (Å²) >= 11 is 0. The number of H-pyrrole nitrogens is 1. The van der Waals surface area contributed by atoms with Crippen LogP contribution in [0.15, 0.2) is 18.2 Å². The molecule has 1 fully saturated rings. The lowest BCUT2D eigenvalue weighted by Crippen LogP contribution is -2.57. The van der Waals surface area contributed by atoms with Gasteiger partial charge in [0.25, 0.3) is 5.91 Å². The molecule has 1 unspecified atom stereocenters. The fraction of sp³-hybridized carbons (Fsp3) is 0.444. The van der Waals surface area contributed by atoms with Crippen molar-refractivity contribution in [2.24, 2.45) is 0 Å². The normalized spacial score (nSPS) is 16.8. The molecular formula is C18H23FN4O3. The molecule has 2 amide bonds. The van der Waals surface area contributed by atoms with Gasteiger partial charge in [0, 0.05) is 18.5 Å². The summed E-state index contributed by atoms with van der Waals surface area (Å²) in [5.41, 5.74) is 0.265. The lowest BCUT2D eigenvalue weighted by molar-refractivity contribution is -0.139. The van der Waals surface area contributed by atoms with Crippen molar-refractivity contribution >= 4 is 22.7 Å². The molecule has 26 heavy (non-hydrogen) atoms. The van der Waals surface area contributed by atoms with Crippen LogP contribution < -0.4 is 5.32 Å². The van der Waals surface area contributed by atoms with Crippen molar-refractivity contribution in [3.05, 3.63) is 29.7 Å². The summed E-state index contributed by atoms with van der Waals surface area (Å²) in [7, 11) is 1.89. The molecule has 1 aliphatic heterocycles. The first-order valence-corrected chi connectivity index (χ1v) is 8.67. The number of nitrogens with one attached hydrogen (secondary N) is 2. The van der Waals surface area contributed by atoms with Crippen LogP contribution in [0.2, 0.25) is 0 Å². The minimum absolute atomic E-state index is 0.0220. The van der Waals surface area contributed by atoms with Crippen LogP contribution in [0.5, 0.6) is 5.75 Å². The Balaban J connectivity index is 1.60. The number of phenols is 1. The fourth-order valence-corrected chi connectivity index (χ4v) is 3.01. The minimum Gasteiger partial charge on any atom is -0.507 e. The van der Waals surface area contributed by atoms with Crippen LogP contribution in [0.4, 0.5) is 4.39 Å². The van der Waals surface area contributed by atoms with Crippen molar-refractivity contribution in [1.82, 2.24) is 20.1 Å². The van der Waals surface area contributed by atoms with Crippen LogP contribution in [0.25, 0.3) is 10.9 Å². The van der Waals surface area contributed by atoms with E-state index in [1.807, 2.05) is 18.9 Å². The number of rotatable bonds is 6. The number of halogens is 1. The summed E-state index contributed by atoms with van der Waals surface area (Å²) in [6.07, 6.45) is 0.837. The molecule has 1 aromatic heterocycles. The van der Waals surface area contributed by atoms with Gasteiger partial charge in [0.2, 0.25) is 5.91 Å². The van der Waals surface area contributed by atoms with Gasteiger partial charge in [0.1, 0.15) is 17.3 Å². The zero-order valence-corrected chi connectivity index (χ0v) is 14.9. The summed E-state index contributed by atoms with van der Waals surface area (Å²) in [5.74, 6) is -0.970. The van der Waals surface area contributed by atoms with E-state index >= 15 is 0 Å². The standard InChI is InChI=1S/C18H23FN4O3/c1-3-22(2)10-16(25)23-7-6-11(23)9-20-18(26)14-8-12-15(24)5-4-13(19)17(12)21-14/h4-5,8,11,21,24H,3,6-7,9-10H2,1-2H3,(H,20,26). The van der Waals surface area contributed by atoms with Crippen molar-refractivity contribution in [1.29, 1.82) is 0 Å². The van der Waals surface area contributed by atoms with Crippen molar-refractivity contribution < 1.29 is 19.1 Å². The van der Waals surface area contributed by atoms with Gasteiger partial charge < -0.3 is 20.3 Å². The number of benzene rings is 1. The summed E-state index contributed by atoms with van der Waals surface area (Å²) in [6, 6.07) is 3.79. The third-order valence-electron chi connectivity index (χ3n) is 4.87. The summed E-state index contributed by atoms with van der Waals surface area (Å²) in [5, 5.41) is 12.8. The average Bonchev–Trinajstić information content (AvgIpc) is 3.03.